The highest BCUT2D eigenvalue weighted by atomic mass is 32.2. The monoisotopic (exact) mass is 552 g/mol. The van der Waals surface area contributed by atoms with Crippen LogP contribution < -0.4 is 33.2 Å². The van der Waals surface area contributed by atoms with Gasteiger partial charge in [0.05, 0.1) is 6.04 Å². The lowest BCUT2D eigenvalue weighted by Gasteiger charge is -2.25. The van der Waals surface area contributed by atoms with Gasteiger partial charge in [-0.15, -0.1) is 0 Å². The van der Waals surface area contributed by atoms with E-state index in [0.29, 0.717) is 50.9 Å². The summed E-state index contributed by atoms with van der Waals surface area (Å²) in [5, 5.41) is 17.7. The maximum Gasteiger partial charge on any atom is 0.326 e. The molecule has 4 atom stereocenters. The second-order valence-electron chi connectivity index (χ2n) is 9.17. The summed E-state index contributed by atoms with van der Waals surface area (Å²) in [6.07, 6.45) is 5.68. The van der Waals surface area contributed by atoms with E-state index in [1.165, 1.54) is 11.8 Å². The first-order valence-electron chi connectivity index (χ1n) is 13.1. The van der Waals surface area contributed by atoms with Gasteiger partial charge < -0.3 is 38.3 Å². The average molecular weight is 553 g/mol. The van der Waals surface area contributed by atoms with E-state index in [1.54, 1.807) is 24.3 Å². The maximum atomic E-state index is 13.2. The minimum Gasteiger partial charge on any atom is -0.480 e. The van der Waals surface area contributed by atoms with Crippen LogP contribution in [0, 0.1) is 0 Å². The lowest BCUT2D eigenvalue weighted by atomic mass is 10.0. The summed E-state index contributed by atoms with van der Waals surface area (Å²) in [5.41, 5.74) is 17.8. The van der Waals surface area contributed by atoms with Crippen LogP contribution >= 0.6 is 11.8 Å². The predicted octanol–water partition coefficient (Wildman–Crippen LogP) is 0.107. The van der Waals surface area contributed by atoms with E-state index in [-0.39, 0.29) is 12.8 Å². The number of nitrogens with two attached hydrogens (primary N) is 3. The quantitative estimate of drug-likeness (QED) is 0.110. The third-order valence-corrected chi connectivity index (χ3v) is 6.67. The van der Waals surface area contributed by atoms with Gasteiger partial charge in [0.25, 0.3) is 0 Å². The summed E-state index contributed by atoms with van der Waals surface area (Å²) in [5.74, 6) is -2.15. The van der Waals surface area contributed by atoms with Crippen LogP contribution in [0.25, 0.3) is 0 Å². The Kier molecular flexibility index (Phi) is 17.0. The van der Waals surface area contributed by atoms with Crippen LogP contribution in [0.4, 0.5) is 0 Å². The molecule has 0 aliphatic heterocycles. The first-order valence-corrected chi connectivity index (χ1v) is 14.4. The summed E-state index contributed by atoms with van der Waals surface area (Å²) in [6, 6.07) is 5.14. The molecule has 0 fully saturated rings. The van der Waals surface area contributed by atoms with Gasteiger partial charge in [0.15, 0.2) is 0 Å². The third-order valence-electron chi connectivity index (χ3n) is 6.03. The lowest BCUT2D eigenvalue weighted by Crippen LogP contribution is -2.57. The molecule has 11 nitrogen and oxygen atoms in total. The Labute approximate surface area is 229 Å². The third kappa shape index (κ3) is 13.2. The van der Waals surface area contributed by atoms with Crippen LogP contribution in [0.5, 0.6) is 0 Å². The molecular weight excluding hydrogens is 508 g/mol. The van der Waals surface area contributed by atoms with Gasteiger partial charge in [0.2, 0.25) is 17.7 Å². The number of unbranched alkanes of at least 4 members (excludes halogenated alkanes) is 2. The zero-order valence-electron chi connectivity index (χ0n) is 22.2. The largest absolute Gasteiger partial charge is 0.480 e. The highest BCUT2D eigenvalue weighted by Gasteiger charge is 2.30. The number of hydrogen-bond acceptors (Lipinski definition) is 8. The molecule has 3 amide bonds. The maximum absolute atomic E-state index is 13.2. The molecule has 0 aliphatic carbocycles. The van der Waals surface area contributed by atoms with Gasteiger partial charge in [0, 0.05) is 6.42 Å². The fourth-order valence-corrected chi connectivity index (χ4v) is 4.25. The van der Waals surface area contributed by atoms with Gasteiger partial charge in [-0.1, -0.05) is 36.8 Å². The molecule has 0 heterocycles. The molecule has 0 bridgehead atoms. The van der Waals surface area contributed by atoms with Crippen molar-refractivity contribution < 1.29 is 24.3 Å². The van der Waals surface area contributed by atoms with Crippen LogP contribution in [-0.2, 0) is 25.6 Å². The van der Waals surface area contributed by atoms with Gasteiger partial charge in [-0.2, -0.15) is 11.8 Å². The summed E-state index contributed by atoms with van der Waals surface area (Å²) in [7, 11) is 0. The zero-order chi connectivity index (χ0) is 28.3. The predicted molar refractivity (Wildman–Crippen MR) is 150 cm³/mol. The van der Waals surface area contributed by atoms with Crippen LogP contribution in [-0.4, -0.2) is 78.1 Å². The van der Waals surface area contributed by atoms with Crippen molar-refractivity contribution in [1.29, 1.82) is 0 Å². The van der Waals surface area contributed by atoms with Crippen molar-refractivity contribution in [2.75, 3.05) is 25.1 Å². The number of carbonyl (C=O) groups excluding carboxylic acids is 3. The van der Waals surface area contributed by atoms with Crippen molar-refractivity contribution in [3.8, 4) is 0 Å². The molecule has 1 aromatic rings. The van der Waals surface area contributed by atoms with Gasteiger partial charge in [-0.25, -0.2) is 4.79 Å². The van der Waals surface area contributed by atoms with Gasteiger partial charge in [-0.3, -0.25) is 14.4 Å². The number of amides is 3. The number of benzene rings is 1. The second kappa shape index (κ2) is 19.4. The number of carboxylic acids is 1. The molecular formula is C26H44N6O5S. The number of hydrogen-bond donors (Lipinski definition) is 7. The number of rotatable bonds is 20. The molecule has 1 aromatic carbocycles. The fourth-order valence-electron chi connectivity index (χ4n) is 3.78. The SMILES string of the molecule is CSCCC(NC(=O)C(N)CCCCN)C(=O)NC(CCCCN)C(=O)NC(Cc1ccccc1)C(=O)O. The molecule has 0 aromatic heterocycles. The van der Waals surface area contributed by atoms with E-state index in [0.717, 1.165) is 12.0 Å². The first-order chi connectivity index (χ1) is 18.2. The number of thioether (sulfide) groups is 1. The molecule has 12 heteroatoms. The van der Waals surface area contributed by atoms with Crippen molar-refractivity contribution in [3.05, 3.63) is 35.9 Å². The molecule has 4 unspecified atom stereocenters. The summed E-state index contributed by atoms with van der Waals surface area (Å²) < 4.78 is 0. The molecule has 0 saturated heterocycles. The molecule has 38 heavy (non-hydrogen) atoms. The minimum absolute atomic E-state index is 0.0971. The standard InChI is InChI=1S/C26H44N6O5S/c1-38-16-13-21(30-23(33)19(29)11-5-7-14-27)25(35)31-20(12-6-8-15-28)24(34)32-22(26(36)37)17-18-9-3-2-4-10-18/h2-4,9-10,19-22H,5-8,11-17,27-29H2,1H3,(H,30,33)(H,31,35)(H,32,34)(H,36,37). The lowest BCUT2D eigenvalue weighted by molar-refractivity contribution is -0.142. The Morgan fingerprint density at radius 1 is 0.789 bits per heavy atom. The highest BCUT2D eigenvalue weighted by molar-refractivity contribution is 7.98. The zero-order valence-corrected chi connectivity index (χ0v) is 23.0. The van der Waals surface area contributed by atoms with Gasteiger partial charge >= 0.3 is 5.97 Å². The van der Waals surface area contributed by atoms with Crippen molar-refractivity contribution in [2.45, 2.75) is 75.5 Å². The molecule has 0 aliphatic rings. The highest BCUT2D eigenvalue weighted by Crippen LogP contribution is 2.08. The van der Waals surface area contributed by atoms with Crippen LogP contribution in [0.15, 0.2) is 30.3 Å². The summed E-state index contributed by atoms with van der Waals surface area (Å²) in [6.45, 7) is 0.928. The van der Waals surface area contributed by atoms with Crippen molar-refractivity contribution >= 4 is 35.5 Å². The Bertz CT molecular complexity index is 860. The van der Waals surface area contributed by atoms with E-state index < -0.39 is 47.9 Å². The van der Waals surface area contributed by atoms with Crippen molar-refractivity contribution in [1.82, 2.24) is 16.0 Å². The molecule has 0 saturated carbocycles. The van der Waals surface area contributed by atoms with E-state index >= 15 is 0 Å². The molecule has 0 spiro atoms. The number of nitrogens with one attached hydrogen (secondary N) is 3. The summed E-state index contributed by atoms with van der Waals surface area (Å²) in [4.78, 5) is 50.9. The van der Waals surface area contributed by atoms with Crippen molar-refractivity contribution in [2.24, 2.45) is 17.2 Å². The number of carboxylic acid groups (broad SMARTS) is 1. The smallest absolute Gasteiger partial charge is 0.326 e. The normalized spacial score (nSPS) is 14.1. The minimum atomic E-state index is -1.18. The van der Waals surface area contributed by atoms with Crippen LogP contribution in [0.3, 0.4) is 0 Å². The Morgan fingerprint density at radius 3 is 1.87 bits per heavy atom. The van der Waals surface area contributed by atoms with E-state index in [9.17, 15) is 24.3 Å². The summed E-state index contributed by atoms with van der Waals surface area (Å²) >= 11 is 1.52. The average Bonchev–Trinajstić information content (AvgIpc) is 2.90. The molecule has 214 valence electrons. The van der Waals surface area contributed by atoms with Gasteiger partial charge in [-0.05, 0) is 69.2 Å². The number of aliphatic carboxylic acids is 1. The topological polar surface area (TPSA) is 203 Å². The van der Waals surface area contributed by atoms with E-state index in [2.05, 4.69) is 16.0 Å². The molecule has 10 N–H and O–H groups in total. The fraction of sp³-hybridized carbons (Fsp3) is 0.615. The Morgan fingerprint density at radius 2 is 1.32 bits per heavy atom. The molecule has 0 radical (unpaired) electrons. The van der Waals surface area contributed by atoms with Crippen LogP contribution in [0.2, 0.25) is 0 Å². The van der Waals surface area contributed by atoms with Gasteiger partial charge in [0.1, 0.15) is 18.1 Å². The van der Waals surface area contributed by atoms with Crippen LogP contribution in [0.1, 0.15) is 50.5 Å². The van der Waals surface area contributed by atoms with E-state index in [1.807, 2.05) is 12.3 Å². The number of carbonyl (C=O) groups is 4. The molecule has 1 rings (SSSR count). The Hall–Kier alpha value is -2.67. The Balaban J connectivity index is 2.95. The second-order valence-corrected chi connectivity index (χ2v) is 10.2. The van der Waals surface area contributed by atoms with E-state index in [4.69, 9.17) is 17.2 Å². The first kappa shape index (κ1) is 33.4. The van der Waals surface area contributed by atoms with Crippen molar-refractivity contribution in [3.63, 3.8) is 0 Å².